The number of carbonyl (C=O) groups excluding carboxylic acids is 1. The van der Waals surface area contributed by atoms with E-state index in [0.717, 1.165) is 16.7 Å². The minimum Gasteiger partial charge on any atom is -0.491 e. The van der Waals surface area contributed by atoms with Gasteiger partial charge in [0, 0.05) is 29.5 Å². The van der Waals surface area contributed by atoms with Crippen molar-refractivity contribution in [1.82, 2.24) is 4.90 Å². The summed E-state index contributed by atoms with van der Waals surface area (Å²) < 4.78 is 32.6. The summed E-state index contributed by atoms with van der Waals surface area (Å²) in [5.41, 5.74) is 3.23. The van der Waals surface area contributed by atoms with Crippen LogP contribution in [-0.4, -0.2) is 45.5 Å². The second-order valence-corrected chi connectivity index (χ2v) is 9.34. The molecule has 0 bridgehead atoms. The maximum atomic E-state index is 14.9. The summed E-state index contributed by atoms with van der Waals surface area (Å²) >= 11 is 0. The quantitative estimate of drug-likeness (QED) is 0.579. The van der Waals surface area contributed by atoms with E-state index >= 15 is 0 Å². The molecule has 0 radical (unpaired) electrons. The van der Waals surface area contributed by atoms with E-state index in [0.29, 0.717) is 25.3 Å². The molecule has 4 rings (SSSR count). The normalized spacial score (nSPS) is 14.0. The minimum atomic E-state index is -1.49. The Balaban J connectivity index is 1.65. The number of hydrogen-bond donors (Lipinski definition) is 1. The van der Waals surface area contributed by atoms with E-state index in [1.807, 2.05) is 18.2 Å². The first-order valence-corrected chi connectivity index (χ1v) is 12.4. The number of nitrogens with zero attached hydrogens (tertiary/aromatic N) is 1. The van der Waals surface area contributed by atoms with E-state index in [-0.39, 0.29) is 34.0 Å². The predicted octanol–water partition coefficient (Wildman–Crippen LogP) is 4.53. The Morgan fingerprint density at radius 1 is 1.09 bits per heavy atom. The van der Waals surface area contributed by atoms with Gasteiger partial charge in [0.2, 0.25) is 0 Å². The van der Waals surface area contributed by atoms with Crippen molar-refractivity contribution in [3.05, 3.63) is 82.7 Å². The van der Waals surface area contributed by atoms with Crippen LogP contribution in [0.1, 0.15) is 38.8 Å². The molecule has 1 N–H and O–H groups in total. The number of carboxylic acids is 1. The molecule has 8 heteroatoms. The lowest BCUT2D eigenvalue weighted by Gasteiger charge is -2.22. The monoisotopic (exact) mass is 481 g/mol. The second kappa shape index (κ2) is 9.77. The van der Waals surface area contributed by atoms with Gasteiger partial charge in [0.15, 0.2) is 0 Å². The maximum absolute atomic E-state index is 14.9. The van der Waals surface area contributed by atoms with Crippen molar-refractivity contribution in [2.24, 2.45) is 0 Å². The van der Waals surface area contributed by atoms with Gasteiger partial charge in [-0.3, -0.25) is 9.00 Å². The van der Waals surface area contributed by atoms with Gasteiger partial charge in [-0.2, -0.15) is 0 Å². The van der Waals surface area contributed by atoms with Crippen LogP contribution in [0, 0.1) is 5.82 Å². The van der Waals surface area contributed by atoms with Crippen LogP contribution in [0.2, 0.25) is 0 Å². The Bertz CT molecular complexity index is 1290. The van der Waals surface area contributed by atoms with E-state index in [1.165, 1.54) is 12.3 Å². The maximum Gasteiger partial charge on any atom is 0.335 e. The fourth-order valence-corrected chi connectivity index (χ4v) is 4.73. The SMILES string of the molecule is CCc1c(C(=O)N2CCOc3ccc(-c4ccc(C(=O)O)cc4)cc3C2)ccc(S(C)=O)c1F. The van der Waals surface area contributed by atoms with Gasteiger partial charge in [-0.25, -0.2) is 9.18 Å². The van der Waals surface area contributed by atoms with Crippen LogP contribution >= 0.6 is 0 Å². The summed E-state index contributed by atoms with van der Waals surface area (Å²) in [7, 11) is -1.49. The van der Waals surface area contributed by atoms with Crippen LogP contribution in [0.4, 0.5) is 4.39 Å². The number of benzene rings is 3. The highest BCUT2D eigenvalue weighted by Gasteiger charge is 2.25. The van der Waals surface area contributed by atoms with Crippen molar-refractivity contribution >= 4 is 22.7 Å². The number of amides is 1. The molecule has 1 aliphatic rings. The van der Waals surface area contributed by atoms with Crippen LogP contribution in [0.5, 0.6) is 5.75 Å². The van der Waals surface area contributed by atoms with E-state index < -0.39 is 22.6 Å². The van der Waals surface area contributed by atoms with Crippen molar-refractivity contribution in [2.45, 2.75) is 24.8 Å². The zero-order chi connectivity index (χ0) is 24.4. The van der Waals surface area contributed by atoms with E-state index in [1.54, 1.807) is 42.2 Å². The molecule has 0 saturated heterocycles. The Morgan fingerprint density at radius 2 is 1.79 bits per heavy atom. The summed E-state index contributed by atoms with van der Waals surface area (Å²) in [5.74, 6) is -1.22. The lowest BCUT2D eigenvalue weighted by atomic mass is 10.00. The molecule has 3 aromatic rings. The number of fused-ring (bicyclic) bond motifs is 1. The highest BCUT2D eigenvalue weighted by Crippen LogP contribution is 2.31. The first-order chi connectivity index (χ1) is 16.3. The van der Waals surface area contributed by atoms with Crippen molar-refractivity contribution in [3.63, 3.8) is 0 Å². The molecule has 6 nitrogen and oxygen atoms in total. The molecular weight excluding hydrogens is 457 g/mol. The number of halogens is 1. The fourth-order valence-electron chi connectivity index (χ4n) is 4.09. The van der Waals surface area contributed by atoms with Gasteiger partial charge in [0.25, 0.3) is 5.91 Å². The molecule has 0 aliphatic carbocycles. The third kappa shape index (κ3) is 4.59. The van der Waals surface area contributed by atoms with Crippen molar-refractivity contribution < 1.29 is 28.0 Å². The van der Waals surface area contributed by atoms with Gasteiger partial charge < -0.3 is 14.7 Å². The molecule has 0 fully saturated rings. The van der Waals surface area contributed by atoms with Gasteiger partial charge in [-0.05, 0) is 53.9 Å². The van der Waals surface area contributed by atoms with Crippen LogP contribution in [0.3, 0.4) is 0 Å². The largest absolute Gasteiger partial charge is 0.491 e. The smallest absolute Gasteiger partial charge is 0.335 e. The van der Waals surface area contributed by atoms with Gasteiger partial charge >= 0.3 is 5.97 Å². The first-order valence-electron chi connectivity index (χ1n) is 10.8. The number of rotatable bonds is 5. The number of carbonyl (C=O) groups is 2. The Morgan fingerprint density at radius 3 is 2.44 bits per heavy atom. The number of aromatic carboxylic acids is 1. The lowest BCUT2D eigenvalue weighted by Crippen LogP contribution is -2.33. The van der Waals surface area contributed by atoms with Crippen molar-refractivity contribution in [2.75, 3.05) is 19.4 Å². The van der Waals surface area contributed by atoms with Gasteiger partial charge in [0.05, 0.1) is 27.8 Å². The van der Waals surface area contributed by atoms with Gasteiger partial charge in [0.1, 0.15) is 18.2 Å². The van der Waals surface area contributed by atoms with Crippen LogP contribution in [0.25, 0.3) is 11.1 Å². The molecule has 1 amide bonds. The lowest BCUT2D eigenvalue weighted by molar-refractivity contribution is 0.0695. The highest BCUT2D eigenvalue weighted by molar-refractivity contribution is 7.84. The van der Waals surface area contributed by atoms with Crippen LogP contribution in [-0.2, 0) is 23.8 Å². The zero-order valence-electron chi connectivity index (χ0n) is 18.8. The molecule has 1 heterocycles. The van der Waals surface area contributed by atoms with E-state index in [2.05, 4.69) is 0 Å². The minimum absolute atomic E-state index is 0.0940. The number of hydrogen-bond acceptors (Lipinski definition) is 4. The van der Waals surface area contributed by atoms with Crippen LogP contribution < -0.4 is 4.74 Å². The highest BCUT2D eigenvalue weighted by atomic mass is 32.2. The summed E-state index contributed by atoms with van der Waals surface area (Å²) in [6, 6.07) is 15.2. The summed E-state index contributed by atoms with van der Waals surface area (Å²) in [4.78, 5) is 26.2. The summed E-state index contributed by atoms with van der Waals surface area (Å²) in [6.45, 7) is 2.68. The third-order valence-corrected chi connectivity index (χ3v) is 6.83. The zero-order valence-corrected chi connectivity index (χ0v) is 19.7. The van der Waals surface area contributed by atoms with Crippen LogP contribution in [0.15, 0.2) is 59.5 Å². The van der Waals surface area contributed by atoms with E-state index in [9.17, 15) is 18.2 Å². The Kier molecular flexibility index (Phi) is 6.79. The molecular formula is C26H24FNO5S. The molecule has 3 aromatic carbocycles. The number of carboxylic acid groups (broad SMARTS) is 1. The summed E-state index contributed by atoms with van der Waals surface area (Å²) in [6.07, 6.45) is 1.71. The molecule has 176 valence electrons. The Labute approximate surface area is 199 Å². The van der Waals surface area contributed by atoms with Gasteiger partial charge in [-0.15, -0.1) is 0 Å². The molecule has 0 spiro atoms. The molecule has 1 unspecified atom stereocenters. The molecule has 1 atom stereocenters. The standard InChI is InChI=1S/C26H24FNO5S/c1-3-20-21(9-11-23(24(20)27)34(2)32)25(29)28-12-13-33-22-10-8-18(14-19(22)15-28)16-4-6-17(7-5-16)26(30)31/h4-11,14H,3,12-13,15H2,1-2H3,(H,30,31). The molecule has 0 saturated carbocycles. The fraction of sp³-hybridized carbons (Fsp3) is 0.231. The van der Waals surface area contributed by atoms with Crippen molar-refractivity contribution in [1.29, 1.82) is 0 Å². The average molecular weight is 482 g/mol. The summed E-state index contributed by atoms with van der Waals surface area (Å²) in [5, 5.41) is 9.11. The van der Waals surface area contributed by atoms with E-state index in [4.69, 9.17) is 9.84 Å². The average Bonchev–Trinajstić information content (AvgIpc) is 3.05. The first kappa shape index (κ1) is 23.6. The molecule has 0 aromatic heterocycles. The molecule has 1 aliphatic heterocycles. The second-order valence-electron chi connectivity index (χ2n) is 7.99. The Hall–Kier alpha value is -3.52. The van der Waals surface area contributed by atoms with Gasteiger partial charge in [-0.1, -0.05) is 25.1 Å². The molecule has 34 heavy (non-hydrogen) atoms. The number of ether oxygens (including phenoxy) is 1. The van der Waals surface area contributed by atoms with Crippen molar-refractivity contribution in [3.8, 4) is 16.9 Å². The predicted molar refractivity (Wildman–Crippen MR) is 127 cm³/mol. The topological polar surface area (TPSA) is 83.9 Å². The third-order valence-electron chi connectivity index (χ3n) is 5.89.